The summed E-state index contributed by atoms with van der Waals surface area (Å²) in [5.74, 6) is -0.611. The Labute approximate surface area is 118 Å². The fourth-order valence-electron chi connectivity index (χ4n) is 1.47. The van der Waals surface area contributed by atoms with Gasteiger partial charge in [-0.15, -0.1) is 0 Å². The van der Waals surface area contributed by atoms with Crippen LogP contribution >= 0.6 is 0 Å². The molecule has 1 rings (SSSR count). The minimum Gasteiger partial charge on any atom is -0.438 e. The van der Waals surface area contributed by atoms with Gasteiger partial charge in [-0.1, -0.05) is 0 Å². The highest BCUT2D eigenvalue weighted by Crippen LogP contribution is 2.18. The lowest BCUT2D eigenvalue weighted by Crippen LogP contribution is -2.43. The van der Waals surface area contributed by atoms with Gasteiger partial charge in [0.25, 0.3) is 15.9 Å². The number of nitrogens with one attached hydrogen (secondary N) is 1. The van der Waals surface area contributed by atoms with Crippen LogP contribution in [0.5, 0.6) is 0 Å². The summed E-state index contributed by atoms with van der Waals surface area (Å²) in [4.78, 5) is 12.0. The Bertz CT molecular complexity index is 574. The van der Waals surface area contributed by atoms with E-state index in [4.69, 9.17) is 9.52 Å². The van der Waals surface area contributed by atoms with Gasteiger partial charge in [-0.3, -0.25) is 4.79 Å². The van der Waals surface area contributed by atoms with E-state index < -0.39 is 21.5 Å². The molecule has 0 atom stereocenters. The standard InChI is InChI=1S/C12H20N2O5S/c1-12(2,7-8-15)13-11(16)9-5-6-10(19-9)20(17,18)14(3)4/h5-6,15H,7-8H2,1-4H3,(H,13,16). The van der Waals surface area contributed by atoms with Crippen molar-refractivity contribution in [1.29, 1.82) is 0 Å². The number of aliphatic hydroxyl groups excluding tert-OH is 1. The average Bonchev–Trinajstić information content (AvgIpc) is 2.77. The van der Waals surface area contributed by atoms with Crippen LogP contribution in [0.1, 0.15) is 30.8 Å². The minimum atomic E-state index is -3.70. The molecule has 0 saturated carbocycles. The van der Waals surface area contributed by atoms with E-state index in [1.165, 1.54) is 26.2 Å². The van der Waals surface area contributed by atoms with E-state index in [2.05, 4.69) is 5.32 Å². The van der Waals surface area contributed by atoms with Gasteiger partial charge >= 0.3 is 0 Å². The second kappa shape index (κ2) is 5.94. The van der Waals surface area contributed by atoms with Crippen LogP contribution in [0.15, 0.2) is 21.6 Å². The Morgan fingerprint density at radius 3 is 2.50 bits per heavy atom. The molecule has 0 aliphatic heterocycles. The number of nitrogens with zero attached hydrogens (tertiary/aromatic N) is 1. The van der Waals surface area contributed by atoms with Crippen LogP contribution < -0.4 is 5.32 Å². The predicted molar refractivity (Wildman–Crippen MR) is 72.8 cm³/mol. The summed E-state index contributed by atoms with van der Waals surface area (Å²) in [7, 11) is -0.943. The number of rotatable bonds is 6. The molecule has 0 radical (unpaired) electrons. The Balaban J connectivity index is 2.91. The molecule has 0 spiro atoms. The second-order valence-corrected chi connectivity index (χ2v) is 7.30. The molecule has 1 aromatic rings. The third-order valence-corrected chi connectivity index (χ3v) is 4.42. The first-order chi connectivity index (χ1) is 9.10. The van der Waals surface area contributed by atoms with Gasteiger partial charge in [-0.05, 0) is 32.4 Å². The van der Waals surface area contributed by atoms with Gasteiger partial charge in [0.15, 0.2) is 5.76 Å². The molecule has 0 aromatic carbocycles. The van der Waals surface area contributed by atoms with Crippen molar-refractivity contribution in [2.45, 2.75) is 30.9 Å². The molecule has 7 nitrogen and oxygen atoms in total. The number of amides is 1. The van der Waals surface area contributed by atoms with Gasteiger partial charge in [-0.2, -0.15) is 0 Å². The molecule has 0 aliphatic rings. The molecule has 20 heavy (non-hydrogen) atoms. The molecule has 1 heterocycles. The van der Waals surface area contributed by atoms with E-state index in [1.807, 2.05) is 0 Å². The molecule has 0 unspecified atom stereocenters. The predicted octanol–water partition coefficient (Wildman–Crippen LogP) is 0.421. The van der Waals surface area contributed by atoms with Gasteiger partial charge in [-0.25, -0.2) is 12.7 Å². The van der Waals surface area contributed by atoms with Crippen LogP contribution in [-0.4, -0.2) is 50.0 Å². The minimum absolute atomic E-state index is 0.0638. The average molecular weight is 304 g/mol. The molecule has 1 aromatic heterocycles. The quantitative estimate of drug-likeness (QED) is 0.793. The lowest BCUT2D eigenvalue weighted by molar-refractivity contribution is 0.0865. The Morgan fingerprint density at radius 1 is 1.40 bits per heavy atom. The summed E-state index contributed by atoms with van der Waals surface area (Å²) in [6.45, 7) is 3.44. The number of carbonyl (C=O) groups is 1. The highest BCUT2D eigenvalue weighted by Gasteiger charge is 2.26. The maximum absolute atomic E-state index is 12.0. The molecule has 0 saturated heterocycles. The first-order valence-corrected chi connectivity index (χ1v) is 7.50. The third kappa shape index (κ3) is 3.81. The molecular formula is C12H20N2O5S. The monoisotopic (exact) mass is 304 g/mol. The van der Waals surface area contributed by atoms with E-state index in [0.29, 0.717) is 6.42 Å². The summed E-state index contributed by atoms with van der Waals surface area (Å²) >= 11 is 0. The molecular weight excluding hydrogens is 284 g/mol. The highest BCUT2D eigenvalue weighted by atomic mass is 32.2. The fourth-order valence-corrected chi connectivity index (χ4v) is 2.27. The summed E-state index contributed by atoms with van der Waals surface area (Å²) in [5.41, 5.74) is -0.612. The van der Waals surface area contributed by atoms with Crippen molar-refractivity contribution < 1.29 is 22.7 Å². The molecule has 0 aliphatic carbocycles. The van der Waals surface area contributed by atoms with E-state index in [-0.39, 0.29) is 17.5 Å². The van der Waals surface area contributed by atoms with E-state index in [9.17, 15) is 13.2 Å². The van der Waals surface area contributed by atoms with E-state index in [1.54, 1.807) is 13.8 Å². The van der Waals surface area contributed by atoms with Crippen molar-refractivity contribution in [2.24, 2.45) is 0 Å². The molecule has 2 N–H and O–H groups in total. The third-order valence-electron chi connectivity index (χ3n) is 2.73. The first-order valence-electron chi connectivity index (χ1n) is 6.06. The van der Waals surface area contributed by atoms with Crippen LogP contribution in [-0.2, 0) is 10.0 Å². The topological polar surface area (TPSA) is 99.9 Å². The van der Waals surface area contributed by atoms with Crippen LogP contribution in [0, 0.1) is 0 Å². The fraction of sp³-hybridized carbons (Fsp3) is 0.583. The van der Waals surface area contributed by atoms with Crippen LogP contribution in [0.2, 0.25) is 0 Å². The first kappa shape index (κ1) is 16.7. The van der Waals surface area contributed by atoms with Gasteiger partial charge in [0.05, 0.1) is 0 Å². The summed E-state index contributed by atoms with van der Waals surface area (Å²) in [6.07, 6.45) is 0.377. The molecule has 1 amide bonds. The van der Waals surface area contributed by atoms with Gasteiger partial charge in [0.2, 0.25) is 5.09 Å². The van der Waals surface area contributed by atoms with Crippen molar-refractivity contribution in [2.75, 3.05) is 20.7 Å². The zero-order valence-electron chi connectivity index (χ0n) is 12.0. The number of furan rings is 1. The smallest absolute Gasteiger partial charge is 0.287 e. The van der Waals surface area contributed by atoms with E-state index >= 15 is 0 Å². The summed E-state index contributed by atoms with van der Waals surface area (Å²) in [5, 5.41) is 11.3. The van der Waals surface area contributed by atoms with Crippen molar-refractivity contribution >= 4 is 15.9 Å². The van der Waals surface area contributed by atoms with Gasteiger partial charge in [0, 0.05) is 26.2 Å². The Morgan fingerprint density at radius 2 is 2.00 bits per heavy atom. The number of hydrogen-bond acceptors (Lipinski definition) is 5. The van der Waals surface area contributed by atoms with Crippen LogP contribution in [0.3, 0.4) is 0 Å². The Kier molecular flexibility index (Phi) is 4.95. The van der Waals surface area contributed by atoms with Gasteiger partial charge < -0.3 is 14.8 Å². The molecule has 0 bridgehead atoms. The zero-order chi connectivity index (χ0) is 15.6. The second-order valence-electron chi connectivity index (χ2n) is 5.22. The van der Waals surface area contributed by atoms with Crippen molar-refractivity contribution in [1.82, 2.24) is 9.62 Å². The maximum atomic E-state index is 12.0. The van der Waals surface area contributed by atoms with E-state index in [0.717, 1.165) is 4.31 Å². The SMILES string of the molecule is CN(C)S(=O)(=O)c1ccc(C(=O)NC(C)(C)CCO)o1. The van der Waals surface area contributed by atoms with Crippen molar-refractivity contribution in [3.05, 3.63) is 17.9 Å². The lowest BCUT2D eigenvalue weighted by Gasteiger charge is -2.24. The van der Waals surface area contributed by atoms with Crippen LogP contribution in [0.25, 0.3) is 0 Å². The summed E-state index contributed by atoms with van der Waals surface area (Å²) in [6, 6.07) is 2.55. The van der Waals surface area contributed by atoms with Gasteiger partial charge in [0.1, 0.15) is 0 Å². The largest absolute Gasteiger partial charge is 0.438 e. The number of hydrogen-bond donors (Lipinski definition) is 2. The zero-order valence-corrected chi connectivity index (χ0v) is 12.8. The lowest BCUT2D eigenvalue weighted by atomic mass is 10.0. The number of carbonyl (C=O) groups excluding carboxylic acids is 1. The van der Waals surface area contributed by atoms with Crippen molar-refractivity contribution in [3.63, 3.8) is 0 Å². The Hall–Kier alpha value is -1.38. The van der Waals surface area contributed by atoms with Crippen LogP contribution in [0.4, 0.5) is 0 Å². The molecule has 114 valence electrons. The normalized spacial score (nSPS) is 12.7. The number of aliphatic hydroxyl groups is 1. The molecule has 0 fully saturated rings. The summed E-state index contributed by atoms with van der Waals surface area (Å²) < 4.78 is 29.7. The maximum Gasteiger partial charge on any atom is 0.287 e. The number of sulfonamides is 1. The highest BCUT2D eigenvalue weighted by molar-refractivity contribution is 7.88. The molecule has 8 heteroatoms. The van der Waals surface area contributed by atoms with Crippen molar-refractivity contribution in [3.8, 4) is 0 Å².